The first-order chi connectivity index (χ1) is 23.3. The van der Waals surface area contributed by atoms with E-state index in [9.17, 15) is 33.0 Å². The van der Waals surface area contributed by atoms with E-state index in [-0.39, 0.29) is 45.0 Å². The van der Waals surface area contributed by atoms with Crippen LogP contribution in [0, 0.1) is 12.8 Å². The van der Waals surface area contributed by atoms with E-state index in [2.05, 4.69) is 15.5 Å². The second-order valence-electron chi connectivity index (χ2n) is 12.4. The van der Waals surface area contributed by atoms with Crippen molar-refractivity contribution < 1.29 is 46.5 Å². The maximum absolute atomic E-state index is 13.4. The first-order valence-corrected chi connectivity index (χ1v) is 16.4. The van der Waals surface area contributed by atoms with Gasteiger partial charge in [-0.1, -0.05) is 11.6 Å². The van der Waals surface area contributed by atoms with Gasteiger partial charge in [0.25, 0.3) is 0 Å². The molecule has 2 aliphatic rings. The first kappa shape index (κ1) is 36.7. The summed E-state index contributed by atoms with van der Waals surface area (Å²) in [6, 6.07) is 9.17. The maximum Gasteiger partial charge on any atom is 0.405 e. The van der Waals surface area contributed by atoms with Crippen molar-refractivity contribution >= 4 is 23.4 Å². The Balaban J connectivity index is 1.25. The number of carbonyl (C=O) groups excluding carboxylic acids is 2. The van der Waals surface area contributed by atoms with E-state index < -0.39 is 54.7 Å². The van der Waals surface area contributed by atoms with Crippen LogP contribution in [0.3, 0.4) is 0 Å². The number of amides is 2. The molecular weight excluding hydrogens is 673 g/mol. The molecule has 5 atom stereocenters. The average molecular weight is 713 g/mol. The number of ether oxygens (including phenoxy) is 1. The minimum absolute atomic E-state index is 0.00742. The quantitative estimate of drug-likeness (QED) is 0.206. The van der Waals surface area contributed by atoms with Crippen LogP contribution in [0.2, 0.25) is 5.02 Å². The van der Waals surface area contributed by atoms with Crippen LogP contribution in [0.1, 0.15) is 30.4 Å². The second kappa shape index (κ2) is 16.4. The number of aliphatic hydroxyl groups excluding tert-OH is 2. The van der Waals surface area contributed by atoms with Gasteiger partial charge in [0.05, 0.1) is 31.4 Å². The Kier molecular flexibility index (Phi) is 12.3. The number of furan rings is 1. The van der Waals surface area contributed by atoms with Crippen LogP contribution < -0.4 is 10.6 Å². The van der Waals surface area contributed by atoms with Gasteiger partial charge in [-0.05, 0) is 49.2 Å². The number of nitrogens with zero attached hydrogens (tertiary/aromatic N) is 4. The number of benzene rings is 1. The van der Waals surface area contributed by atoms with Gasteiger partial charge in [-0.2, -0.15) is 13.2 Å². The molecule has 2 fully saturated rings. The third-order valence-electron chi connectivity index (χ3n) is 8.53. The van der Waals surface area contributed by atoms with E-state index in [0.717, 1.165) is 5.56 Å². The standard InChI is InChI=1S/C32H40ClF3N6O7/c1-19-39-40-29(48-19)13-21(30(45)38-25-8-11-47-17-27(25)44)12-23(43)14-42-10-9-41(16-26(42)31(46)37-18-32(34,35)36)15-24-6-7-28(49-24)20-2-4-22(33)5-3-20/h2-7,21,23,25-27,43-44H,8-18H2,1H3,(H,37,46)(H,38,45)/t21-,23-,25-,26-,27+/m0/s1. The Morgan fingerprint density at radius 1 is 1.12 bits per heavy atom. The second-order valence-corrected chi connectivity index (χ2v) is 12.8. The third-order valence-corrected chi connectivity index (χ3v) is 8.78. The molecule has 17 heteroatoms. The lowest BCUT2D eigenvalue weighted by atomic mass is 9.94. The molecule has 2 saturated heterocycles. The Morgan fingerprint density at radius 3 is 2.59 bits per heavy atom. The molecule has 1 aromatic carbocycles. The van der Waals surface area contributed by atoms with E-state index in [1.54, 1.807) is 30.0 Å². The van der Waals surface area contributed by atoms with Gasteiger partial charge in [0.2, 0.25) is 23.6 Å². The zero-order valence-electron chi connectivity index (χ0n) is 26.9. The SMILES string of the molecule is Cc1nnc(C[C@H](C[C@H](O)CN2CCN(Cc3ccc(-c4ccc(Cl)cc4)o3)C[C@H]2C(=O)NCC(F)(F)F)C(=O)N[C@H]2CCOC[C@H]2O)o1. The average Bonchev–Trinajstić information content (AvgIpc) is 3.69. The summed E-state index contributed by atoms with van der Waals surface area (Å²) in [4.78, 5) is 30.1. The van der Waals surface area contributed by atoms with Gasteiger partial charge in [-0.3, -0.25) is 19.4 Å². The van der Waals surface area contributed by atoms with Crippen molar-refractivity contribution in [3.8, 4) is 11.3 Å². The number of alkyl halides is 3. The van der Waals surface area contributed by atoms with E-state index in [1.807, 2.05) is 28.4 Å². The summed E-state index contributed by atoms with van der Waals surface area (Å²) >= 11 is 5.99. The molecule has 0 saturated carbocycles. The lowest BCUT2D eigenvalue weighted by molar-refractivity contribution is -0.143. The highest BCUT2D eigenvalue weighted by molar-refractivity contribution is 6.30. The molecule has 0 radical (unpaired) electrons. The van der Waals surface area contributed by atoms with Gasteiger partial charge in [-0.15, -0.1) is 10.2 Å². The molecule has 49 heavy (non-hydrogen) atoms. The minimum Gasteiger partial charge on any atom is -0.460 e. The topological polar surface area (TPSA) is 166 Å². The van der Waals surface area contributed by atoms with Gasteiger partial charge < -0.3 is 34.4 Å². The van der Waals surface area contributed by atoms with Crippen LogP contribution in [-0.2, 0) is 27.3 Å². The lowest BCUT2D eigenvalue weighted by Gasteiger charge is -2.41. The molecule has 2 aliphatic heterocycles. The summed E-state index contributed by atoms with van der Waals surface area (Å²) in [6.45, 7) is 1.51. The number of hydrogen-bond donors (Lipinski definition) is 4. The number of rotatable bonds is 13. The summed E-state index contributed by atoms with van der Waals surface area (Å²) < 4.78 is 55.8. The number of hydrogen-bond acceptors (Lipinski definition) is 11. The van der Waals surface area contributed by atoms with Crippen molar-refractivity contribution in [2.45, 2.75) is 63.2 Å². The number of carbonyl (C=O) groups is 2. The van der Waals surface area contributed by atoms with E-state index >= 15 is 0 Å². The zero-order chi connectivity index (χ0) is 35.1. The van der Waals surface area contributed by atoms with Gasteiger partial charge in [-0.25, -0.2) is 0 Å². The normalized spacial score (nSPS) is 22.1. The summed E-state index contributed by atoms with van der Waals surface area (Å²) in [5.41, 5.74) is 0.823. The maximum atomic E-state index is 13.4. The molecule has 5 rings (SSSR count). The van der Waals surface area contributed by atoms with Gasteiger partial charge in [0.15, 0.2) is 0 Å². The Morgan fingerprint density at radius 2 is 1.90 bits per heavy atom. The molecule has 0 aliphatic carbocycles. The highest BCUT2D eigenvalue weighted by atomic mass is 35.5. The van der Waals surface area contributed by atoms with E-state index in [4.69, 9.17) is 25.2 Å². The fourth-order valence-electron chi connectivity index (χ4n) is 6.02. The monoisotopic (exact) mass is 712 g/mol. The van der Waals surface area contributed by atoms with Crippen LogP contribution in [0.4, 0.5) is 13.2 Å². The lowest BCUT2D eigenvalue weighted by Crippen LogP contribution is -2.60. The molecular formula is C32H40ClF3N6O7. The number of aliphatic hydroxyl groups is 2. The summed E-state index contributed by atoms with van der Waals surface area (Å²) in [5.74, 6) is -0.414. The van der Waals surface area contributed by atoms with Gasteiger partial charge in [0.1, 0.15) is 24.1 Å². The third kappa shape index (κ3) is 10.7. The number of halogens is 4. The van der Waals surface area contributed by atoms with Crippen LogP contribution in [0.15, 0.2) is 45.2 Å². The molecule has 2 aromatic heterocycles. The fraction of sp³-hybridized carbons (Fsp3) is 0.562. The van der Waals surface area contributed by atoms with Crippen LogP contribution in [0.25, 0.3) is 11.3 Å². The molecule has 0 bridgehead atoms. The first-order valence-electron chi connectivity index (χ1n) is 16.0. The Hall–Kier alpha value is -3.54. The van der Waals surface area contributed by atoms with Crippen LogP contribution >= 0.6 is 11.6 Å². The predicted molar refractivity (Wildman–Crippen MR) is 169 cm³/mol. The molecule has 13 nitrogen and oxygen atoms in total. The molecule has 0 spiro atoms. The van der Waals surface area contributed by atoms with Gasteiger partial charge in [0, 0.05) is 62.6 Å². The largest absolute Gasteiger partial charge is 0.460 e. The number of aryl methyl sites for hydroxylation is 1. The highest BCUT2D eigenvalue weighted by Gasteiger charge is 2.37. The smallest absolute Gasteiger partial charge is 0.405 e. The van der Waals surface area contributed by atoms with Gasteiger partial charge >= 0.3 is 6.18 Å². The molecule has 268 valence electrons. The number of aromatic nitrogens is 2. The van der Waals surface area contributed by atoms with E-state index in [1.165, 1.54) is 0 Å². The Labute approximate surface area is 285 Å². The van der Waals surface area contributed by atoms with Crippen molar-refractivity contribution in [2.24, 2.45) is 5.92 Å². The van der Waals surface area contributed by atoms with Crippen LogP contribution in [0.5, 0.6) is 0 Å². The minimum atomic E-state index is -4.60. The van der Waals surface area contributed by atoms with Crippen molar-refractivity contribution in [1.29, 1.82) is 0 Å². The van der Waals surface area contributed by atoms with Crippen molar-refractivity contribution in [1.82, 2.24) is 30.6 Å². The predicted octanol–water partition coefficient (Wildman–Crippen LogP) is 2.33. The number of β-amino-alcohol motifs (C(OH)–C–C–N with tert-alkyl or cyclic N) is 1. The van der Waals surface area contributed by atoms with E-state index in [0.29, 0.717) is 48.6 Å². The summed E-state index contributed by atoms with van der Waals surface area (Å²) in [6.07, 6.45) is -6.33. The number of nitrogens with one attached hydrogen (secondary N) is 2. The van der Waals surface area contributed by atoms with Crippen molar-refractivity contribution in [3.63, 3.8) is 0 Å². The van der Waals surface area contributed by atoms with Crippen molar-refractivity contribution in [2.75, 3.05) is 45.9 Å². The van der Waals surface area contributed by atoms with Crippen LogP contribution in [-0.4, -0.2) is 118 Å². The zero-order valence-corrected chi connectivity index (χ0v) is 27.6. The summed E-state index contributed by atoms with van der Waals surface area (Å²) in [7, 11) is 0. The highest BCUT2D eigenvalue weighted by Crippen LogP contribution is 2.26. The molecule has 3 aromatic rings. The fourth-order valence-corrected chi connectivity index (χ4v) is 6.15. The molecule has 2 amide bonds. The molecule has 0 unspecified atom stereocenters. The Bertz CT molecular complexity index is 1540. The van der Waals surface area contributed by atoms with Crippen molar-refractivity contribution in [3.05, 3.63) is 59.0 Å². The number of piperazine rings is 1. The molecule has 4 N–H and O–H groups in total. The summed E-state index contributed by atoms with van der Waals surface area (Å²) in [5, 5.41) is 34.7. The molecule has 4 heterocycles.